The number of rotatable bonds is 7. The van der Waals surface area contributed by atoms with Crippen LogP contribution in [0.2, 0.25) is 0 Å². The van der Waals surface area contributed by atoms with Crippen molar-refractivity contribution in [2.75, 3.05) is 32.6 Å². The first kappa shape index (κ1) is 17.3. The Morgan fingerprint density at radius 1 is 1.08 bits per heavy atom. The van der Waals surface area contributed by atoms with E-state index in [4.69, 9.17) is 9.47 Å². The molecule has 0 unspecified atom stereocenters. The van der Waals surface area contributed by atoms with Gasteiger partial charge in [0.05, 0.1) is 6.61 Å². The van der Waals surface area contributed by atoms with Gasteiger partial charge in [-0.25, -0.2) is 0 Å². The van der Waals surface area contributed by atoms with Gasteiger partial charge in [0.1, 0.15) is 17.5 Å². The van der Waals surface area contributed by atoms with Crippen LogP contribution >= 0.6 is 0 Å². The second-order valence-electron chi connectivity index (χ2n) is 6.26. The van der Waals surface area contributed by atoms with Crippen LogP contribution in [0.4, 0.5) is 5.69 Å². The van der Waals surface area contributed by atoms with E-state index in [1.165, 1.54) is 5.56 Å². The quantitative estimate of drug-likeness (QED) is 0.840. The third-order valence-corrected chi connectivity index (χ3v) is 4.38. The average Bonchev–Trinajstić information content (AvgIpc) is 2.95. The third-order valence-electron chi connectivity index (χ3n) is 4.38. The maximum absolute atomic E-state index is 11.9. The molecule has 0 aromatic heterocycles. The van der Waals surface area contributed by atoms with E-state index in [0.717, 1.165) is 36.6 Å². The van der Waals surface area contributed by atoms with Gasteiger partial charge in [0.2, 0.25) is 5.91 Å². The second kappa shape index (κ2) is 8.03. The fourth-order valence-corrected chi connectivity index (χ4v) is 2.86. The molecule has 25 heavy (non-hydrogen) atoms. The lowest BCUT2D eigenvalue weighted by molar-refractivity contribution is -0.127. The average molecular weight is 340 g/mol. The number of carbonyl (C=O) groups excluding carboxylic acids is 1. The summed E-state index contributed by atoms with van der Waals surface area (Å²) in [6.07, 6.45) is 1.73. The summed E-state index contributed by atoms with van der Waals surface area (Å²) in [6, 6.07) is 15.6. The van der Waals surface area contributed by atoms with E-state index in [2.05, 4.69) is 5.32 Å². The number of benzene rings is 2. The zero-order valence-electron chi connectivity index (χ0n) is 14.7. The summed E-state index contributed by atoms with van der Waals surface area (Å²) in [4.78, 5) is 13.7. The highest BCUT2D eigenvalue weighted by molar-refractivity contribution is 5.86. The van der Waals surface area contributed by atoms with Crippen molar-refractivity contribution in [2.45, 2.75) is 18.9 Å². The number of nitrogens with one attached hydrogen (secondary N) is 1. The standard InChI is InChI=1S/C20H24N2O3/c1-22-13-11-19(20(22)23)21-16-5-9-18(10-6-16)25-17-7-3-15(4-8-17)12-14-24-2/h3-10,19,21H,11-14H2,1-2H3/t19-/m1/s1. The van der Waals surface area contributed by atoms with Gasteiger partial charge in [-0.05, 0) is 54.8 Å². The number of methoxy groups -OCH3 is 1. The van der Waals surface area contributed by atoms with Gasteiger partial charge >= 0.3 is 0 Å². The molecule has 3 rings (SSSR count). The van der Waals surface area contributed by atoms with Crippen LogP contribution in [0.1, 0.15) is 12.0 Å². The van der Waals surface area contributed by atoms with Crippen molar-refractivity contribution in [2.24, 2.45) is 0 Å². The highest BCUT2D eigenvalue weighted by Gasteiger charge is 2.28. The van der Waals surface area contributed by atoms with Crippen molar-refractivity contribution in [3.05, 3.63) is 54.1 Å². The van der Waals surface area contributed by atoms with Gasteiger partial charge in [0.15, 0.2) is 0 Å². The van der Waals surface area contributed by atoms with E-state index >= 15 is 0 Å². The smallest absolute Gasteiger partial charge is 0.244 e. The summed E-state index contributed by atoms with van der Waals surface area (Å²) < 4.78 is 10.9. The first-order valence-corrected chi connectivity index (χ1v) is 8.53. The number of hydrogen-bond donors (Lipinski definition) is 1. The first-order chi connectivity index (χ1) is 12.2. The van der Waals surface area contributed by atoms with E-state index in [0.29, 0.717) is 6.61 Å². The molecule has 1 amide bonds. The van der Waals surface area contributed by atoms with Gasteiger partial charge in [0, 0.05) is 26.4 Å². The number of anilines is 1. The van der Waals surface area contributed by atoms with Crippen LogP contribution < -0.4 is 10.1 Å². The molecule has 1 fully saturated rings. The summed E-state index contributed by atoms with van der Waals surface area (Å²) in [7, 11) is 3.54. The molecule has 1 saturated heterocycles. The Hall–Kier alpha value is -2.53. The Morgan fingerprint density at radius 3 is 2.28 bits per heavy atom. The fourth-order valence-electron chi connectivity index (χ4n) is 2.86. The molecule has 132 valence electrons. The Balaban J connectivity index is 1.56. The number of hydrogen-bond acceptors (Lipinski definition) is 4. The number of ether oxygens (including phenoxy) is 2. The molecule has 0 saturated carbocycles. The van der Waals surface area contributed by atoms with E-state index < -0.39 is 0 Å². The SMILES string of the molecule is COCCc1ccc(Oc2ccc(N[C@@H]3CCN(C)C3=O)cc2)cc1. The van der Waals surface area contributed by atoms with E-state index in [1.807, 2.05) is 55.6 Å². The van der Waals surface area contributed by atoms with Crippen LogP contribution in [0.15, 0.2) is 48.5 Å². The van der Waals surface area contributed by atoms with Gasteiger partial charge < -0.3 is 19.7 Å². The van der Waals surface area contributed by atoms with E-state index in [-0.39, 0.29) is 11.9 Å². The van der Waals surface area contributed by atoms with Crippen molar-refractivity contribution in [3.8, 4) is 11.5 Å². The van der Waals surface area contributed by atoms with Crippen molar-refractivity contribution in [1.29, 1.82) is 0 Å². The van der Waals surface area contributed by atoms with E-state index in [1.54, 1.807) is 12.0 Å². The highest BCUT2D eigenvalue weighted by atomic mass is 16.5. The molecule has 0 bridgehead atoms. The lowest BCUT2D eigenvalue weighted by atomic mass is 10.1. The molecule has 1 aliphatic rings. The number of likely N-dealkylation sites (N-methyl/N-ethyl adjacent to an activating group) is 1. The Kier molecular flexibility index (Phi) is 5.56. The molecular weight excluding hydrogens is 316 g/mol. The van der Waals surface area contributed by atoms with Crippen molar-refractivity contribution in [1.82, 2.24) is 4.90 Å². The number of amides is 1. The molecule has 1 heterocycles. The minimum atomic E-state index is -0.128. The molecule has 1 atom stereocenters. The monoisotopic (exact) mass is 340 g/mol. The van der Waals surface area contributed by atoms with Crippen LogP contribution in [-0.2, 0) is 16.0 Å². The molecular formula is C20H24N2O3. The van der Waals surface area contributed by atoms with E-state index in [9.17, 15) is 4.79 Å². The minimum absolute atomic E-state index is 0.128. The van der Waals surface area contributed by atoms with Gasteiger partial charge in [-0.1, -0.05) is 12.1 Å². The Bertz CT molecular complexity index is 698. The van der Waals surface area contributed by atoms with Crippen LogP contribution in [0, 0.1) is 0 Å². The number of carbonyl (C=O) groups is 1. The summed E-state index contributed by atoms with van der Waals surface area (Å²) in [5.74, 6) is 1.72. The lowest BCUT2D eigenvalue weighted by Gasteiger charge is -2.14. The predicted octanol–water partition coefficient (Wildman–Crippen LogP) is 3.31. The molecule has 5 heteroatoms. The van der Waals surface area contributed by atoms with Crippen molar-refractivity contribution >= 4 is 11.6 Å². The van der Waals surface area contributed by atoms with Gasteiger partial charge in [0.25, 0.3) is 0 Å². The zero-order valence-corrected chi connectivity index (χ0v) is 14.7. The molecule has 5 nitrogen and oxygen atoms in total. The Morgan fingerprint density at radius 2 is 1.72 bits per heavy atom. The zero-order chi connectivity index (χ0) is 17.6. The first-order valence-electron chi connectivity index (χ1n) is 8.53. The summed E-state index contributed by atoms with van der Waals surface area (Å²) >= 11 is 0. The predicted molar refractivity (Wildman–Crippen MR) is 98.2 cm³/mol. The lowest BCUT2D eigenvalue weighted by Crippen LogP contribution is -2.30. The molecule has 0 aliphatic carbocycles. The summed E-state index contributed by atoms with van der Waals surface area (Å²) in [6.45, 7) is 1.52. The molecule has 1 N–H and O–H groups in total. The van der Waals surface area contributed by atoms with Crippen LogP contribution in [-0.4, -0.2) is 44.2 Å². The number of likely N-dealkylation sites (tertiary alicyclic amines) is 1. The molecule has 2 aromatic carbocycles. The summed E-state index contributed by atoms with van der Waals surface area (Å²) in [5.41, 5.74) is 2.15. The molecule has 2 aromatic rings. The van der Waals surface area contributed by atoms with Crippen molar-refractivity contribution in [3.63, 3.8) is 0 Å². The topological polar surface area (TPSA) is 50.8 Å². The normalized spacial score (nSPS) is 17.0. The highest BCUT2D eigenvalue weighted by Crippen LogP contribution is 2.24. The van der Waals surface area contributed by atoms with Crippen LogP contribution in [0.5, 0.6) is 11.5 Å². The second-order valence-corrected chi connectivity index (χ2v) is 6.26. The third kappa shape index (κ3) is 4.51. The molecule has 0 radical (unpaired) electrons. The van der Waals surface area contributed by atoms with Gasteiger partial charge in [-0.15, -0.1) is 0 Å². The molecule has 1 aliphatic heterocycles. The van der Waals surface area contributed by atoms with Crippen LogP contribution in [0.25, 0.3) is 0 Å². The molecule has 0 spiro atoms. The van der Waals surface area contributed by atoms with Crippen molar-refractivity contribution < 1.29 is 14.3 Å². The largest absolute Gasteiger partial charge is 0.457 e. The van der Waals surface area contributed by atoms with Crippen LogP contribution in [0.3, 0.4) is 0 Å². The fraction of sp³-hybridized carbons (Fsp3) is 0.350. The number of nitrogens with zero attached hydrogens (tertiary/aromatic N) is 1. The maximum Gasteiger partial charge on any atom is 0.244 e. The maximum atomic E-state index is 11.9. The van der Waals surface area contributed by atoms with Gasteiger partial charge in [-0.3, -0.25) is 4.79 Å². The van der Waals surface area contributed by atoms with Gasteiger partial charge in [-0.2, -0.15) is 0 Å². The summed E-state index contributed by atoms with van der Waals surface area (Å²) in [5, 5.41) is 3.28. The Labute approximate surface area is 148 Å². The minimum Gasteiger partial charge on any atom is -0.457 e.